The molecule has 0 heterocycles. The number of ether oxygens (including phenoxy) is 2. The highest BCUT2D eigenvalue weighted by Gasteiger charge is 2.27. The van der Waals surface area contributed by atoms with Crippen LogP contribution in [0.3, 0.4) is 0 Å². The van der Waals surface area contributed by atoms with Gasteiger partial charge in [0.2, 0.25) is 0 Å². The molecule has 0 aromatic heterocycles. The molecule has 0 aliphatic carbocycles. The van der Waals surface area contributed by atoms with Crippen molar-refractivity contribution in [3.63, 3.8) is 0 Å². The number of phosphoric acid groups is 1. The van der Waals surface area contributed by atoms with E-state index in [-0.39, 0.29) is 26.1 Å². The van der Waals surface area contributed by atoms with Crippen LogP contribution in [-0.4, -0.2) is 74.9 Å². The van der Waals surface area contributed by atoms with Crippen LogP contribution in [0.4, 0.5) is 0 Å². The lowest BCUT2D eigenvalue weighted by molar-refractivity contribution is -0.870. The fraction of sp³-hybridized carbons (Fsp3) is 0.545. The minimum atomic E-state index is -4.41. The van der Waals surface area contributed by atoms with Crippen LogP contribution in [0.5, 0.6) is 0 Å². The number of allylic oxidation sites excluding steroid dienone is 28. The number of quaternary nitrogens is 1. The van der Waals surface area contributed by atoms with Crippen LogP contribution in [0.2, 0.25) is 0 Å². The van der Waals surface area contributed by atoms with Crippen LogP contribution in [0.25, 0.3) is 0 Å². The van der Waals surface area contributed by atoms with Crippen molar-refractivity contribution in [3.05, 3.63) is 170 Å². The van der Waals surface area contributed by atoms with Gasteiger partial charge in [0.05, 0.1) is 27.7 Å². The van der Waals surface area contributed by atoms with Gasteiger partial charge in [-0.25, -0.2) is 4.57 Å². The van der Waals surface area contributed by atoms with Crippen molar-refractivity contribution in [2.75, 3.05) is 47.5 Å². The van der Waals surface area contributed by atoms with Gasteiger partial charge in [-0.1, -0.05) is 210 Å². The topological polar surface area (TPSA) is 108 Å². The molecule has 0 aromatic carbocycles. The summed E-state index contributed by atoms with van der Waals surface area (Å²) >= 11 is 0. The van der Waals surface area contributed by atoms with E-state index in [2.05, 4.69) is 184 Å². The zero-order chi connectivity index (χ0) is 55.6. The van der Waals surface area contributed by atoms with Crippen molar-refractivity contribution in [1.29, 1.82) is 0 Å². The highest BCUT2D eigenvalue weighted by molar-refractivity contribution is 7.47. The maximum atomic E-state index is 12.8. The van der Waals surface area contributed by atoms with Gasteiger partial charge < -0.3 is 18.9 Å². The highest BCUT2D eigenvalue weighted by atomic mass is 31.2. The van der Waals surface area contributed by atoms with Gasteiger partial charge in [-0.05, 0) is 128 Å². The summed E-state index contributed by atoms with van der Waals surface area (Å²) in [6.45, 7) is 4.10. The number of phosphoric ester groups is 1. The second-order valence-corrected chi connectivity index (χ2v) is 21.0. The molecule has 0 saturated heterocycles. The Hall–Kier alpha value is -4.63. The van der Waals surface area contributed by atoms with E-state index in [0.29, 0.717) is 23.9 Å². The highest BCUT2D eigenvalue weighted by Crippen LogP contribution is 2.43. The monoisotopic (exact) mass is 1070 g/mol. The zero-order valence-electron chi connectivity index (χ0n) is 48.2. The molecule has 0 spiro atoms. The van der Waals surface area contributed by atoms with E-state index in [1.807, 2.05) is 21.1 Å². The molecular formula is C66H105NO8P+. The van der Waals surface area contributed by atoms with Crippen LogP contribution in [0, 0.1) is 0 Å². The minimum absolute atomic E-state index is 0.0128. The van der Waals surface area contributed by atoms with Crippen LogP contribution >= 0.6 is 7.82 Å². The lowest BCUT2D eigenvalue weighted by Crippen LogP contribution is -2.37. The summed E-state index contributed by atoms with van der Waals surface area (Å²) in [5, 5.41) is 0. The summed E-state index contributed by atoms with van der Waals surface area (Å²) in [6.07, 6.45) is 84.4. The first-order valence-corrected chi connectivity index (χ1v) is 30.4. The summed E-state index contributed by atoms with van der Waals surface area (Å²) in [5.74, 6) is -0.872. The molecule has 0 saturated carbocycles. The molecule has 76 heavy (non-hydrogen) atoms. The van der Waals surface area contributed by atoms with Gasteiger partial charge in [0.25, 0.3) is 0 Å². The molecule has 2 atom stereocenters. The Morgan fingerprint density at radius 3 is 1.07 bits per heavy atom. The third kappa shape index (κ3) is 58.6. The first-order chi connectivity index (χ1) is 37.0. The molecule has 9 nitrogen and oxygen atoms in total. The fourth-order valence-corrected chi connectivity index (χ4v) is 7.60. The normalized spacial score (nSPS) is 14.6. The number of unbranched alkanes of at least 4 members (excludes halogenated alkanes) is 8. The fourth-order valence-electron chi connectivity index (χ4n) is 6.86. The zero-order valence-corrected chi connectivity index (χ0v) is 49.1. The summed E-state index contributed by atoms with van der Waals surface area (Å²) in [6, 6.07) is 0. The Balaban J connectivity index is 4.21. The molecule has 0 radical (unpaired) electrons. The molecule has 0 rings (SSSR count). The van der Waals surface area contributed by atoms with Crippen molar-refractivity contribution in [1.82, 2.24) is 0 Å². The van der Waals surface area contributed by atoms with Crippen molar-refractivity contribution >= 4 is 19.8 Å². The first kappa shape index (κ1) is 71.4. The third-order valence-electron chi connectivity index (χ3n) is 11.2. The number of esters is 2. The Morgan fingerprint density at radius 1 is 0.408 bits per heavy atom. The minimum Gasteiger partial charge on any atom is -0.462 e. The predicted octanol–water partition coefficient (Wildman–Crippen LogP) is 18.3. The standard InChI is InChI=1S/C66H104NO8P/c1-6-8-10-12-14-16-18-20-21-22-23-24-25-26-27-28-29-30-31-32-33-34-35-36-37-38-39-40-41-42-43-44-45-47-49-51-53-55-57-59-66(69)75-64(63-74-76(70,71)73-61-60-67(3,4)5)62-72-65(68)58-56-54-52-50-48-46-19-17-15-13-11-9-7-2/h8-11,14-17,20-21,23-24,26-27,29-30,32-33,35-36,38-39,41-42,44-46,48,64H,6-7,12-13,18-19,22,25,28,31,34,37,40,43,47,49-63H2,1-5H3/p+1/b10-8-,11-9-,16-14-,17-15-,21-20-,24-23-,27-26-,30-29-,33-32-,36-35-,39-38-,42-41-,45-44-,48-46-. The SMILES string of the molecule is CC/C=C\C/C=C\C/C=C\C/C=C\C/C=C\C/C=C\C/C=C\C/C=C\C/C=C\C/C=C\C/C=C\CCCCCCCC(=O)OC(COC(=O)CCCCC/C=C\C/C=C\C/C=C\CC)COP(=O)(O)OCC[N+](C)(C)C. The molecule has 0 aliphatic heterocycles. The van der Waals surface area contributed by atoms with E-state index < -0.39 is 32.5 Å². The third-order valence-corrected chi connectivity index (χ3v) is 12.2. The summed E-state index contributed by atoms with van der Waals surface area (Å²) < 4.78 is 34.4. The molecule has 10 heteroatoms. The molecular weight excluding hydrogens is 966 g/mol. The van der Waals surface area contributed by atoms with Crippen molar-refractivity contribution in [2.24, 2.45) is 0 Å². The van der Waals surface area contributed by atoms with Crippen LogP contribution in [0.15, 0.2) is 170 Å². The smallest absolute Gasteiger partial charge is 0.462 e. The van der Waals surface area contributed by atoms with Gasteiger partial charge in [-0.15, -0.1) is 0 Å². The predicted molar refractivity (Wildman–Crippen MR) is 325 cm³/mol. The van der Waals surface area contributed by atoms with E-state index in [1.165, 1.54) is 0 Å². The lowest BCUT2D eigenvalue weighted by atomic mass is 10.1. The summed E-state index contributed by atoms with van der Waals surface area (Å²) in [5.41, 5.74) is 0. The number of hydrogen-bond donors (Lipinski definition) is 1. The van der Waals surface area contributed by atoms with Gasteiger partial charge in [0.15, 0.2) is 6.10 Å². The van der Waals surface area contributed by atoms with Gasteiger partial charge in [0, 0.05) is 12.8 Å². The van der Waals surface area contributed by atoms with Crippen molar-refractivity contribution in [2.45, 2.75) is 187 Å². The summed E-state index contributed by atoms with van der Waals surface area (Å²) in [7, 11) is 1.42. The molecule has 426 valence electrons. The number of hydrogen-bond acceptors (Lipinski definition) is 7. The summed E-state index contributed by atoms with van der Waals surface area (Å²) in [4.78, 5) is 35.5. The largest absolute Gasteiger partial charge is 0.472 e. The van der Waals surface area contributed by atoms with Crippen molar-refractivity contribution < 1.29 is 42.1 Å². The number of nitrogens with zero attached hydrogens (tertiary/aromatic N) is 1. The average Bonchev–Trinajstić information content (AvgIpc) is 3.38. The molecule has 0 aliphatic rings. The Kier molecular flexibility index (Phi) is 51.8. The lowest BCUT2D eigenvalue weighted by Gasteiger charge is -2.24. The van der Waals surface area contributed by atoms with Gasteiger partial charge >= 0.3 is 19.8 Å². The Labute approximate surface area is 464 Å². The number of rotatable bonds is 50. The molecule has 1 N–H and O–H groups in total. The molecule has 0 fully saturated rings. The molecule has 0 amide bonds. The van der Waals surface area contributed by atoms with Crippen LogP contribution in [-0.2, 0) is 32.7 Å². The van der Waals surface area contributed by atoms with Crippen molar-refractivity contribution in [3.8, 4) is 0 Å². The van der Waals surface area contributed by atoms with Gasteiger partial charge in [-0.3, -0.25) is 18.6 Å². The second-order valence-electron chi connectivity index (χ2n) is 19.6. The Morgan fingerprint density at radius 2 is 0.711 bits per heavy atom. The quantitative estimate of drug-likeness (QED) is 0.0211. The maximum Gasteiger partial charge on any atom is 0.472 e. The Bertz CT molecular complexity index is 1880. The molecule has 2 unspecified atom stereocenters. The molecule has 0 bridgehead atoms. The second kappa shape index (κ2) is 55.1. The molecule has 0 aromatic rings. The van der Waals surface area contributed by atoms with E-state index >= 15 is 0 Å². The van der Waals surface area contributed by atoms with Crippen LogP contribution in [0.1, 0.15) is 181 Å². The van der Waals surface area contributed by atoms with E-state index in [9.17, 15) is 19.0 Å². The average molecular weight is 1070 g/mol. The van der Waals surface area contributed by atoms with E-state index in [1.54, 1.807) is 0 Å². The number of carbonyl (C=O) groups is 2. The maximum absolute atomic E-state index is 12.8. The van der Waals surface area contributed by atoms with Gasteiger partial charge in [0.1, 0.15) is 19.8 Å². The van der Waals surface area contributed by atoms with Gasteiger partial charge in [-0.2, -0.15) is 0 Å². The van der Waals surface area contributed by atoms with Crippen LogP contribution < -0.4 is 0 Å². The van der Waals surface area contributed by atoms with E-state index in [4.69, 9.17) is 18.5 Å². The van der Waals surface area contributed by atoms with E-state index in [0.717, 1.165) is 141 Å². The number of likely N-dealkylation sites (N-methyl/N-ethyl adjacent to an activating group) is 1. The first-order valence-electron chi connectivity index (χ1n) is 28.9. The number of carbonyl (C=O) groups excluding carboxylic acids is 2.